The van der Waals surface area contributed by atoms with Crippen LogP contribution in [0.25, 0.3) is 21.8 Å². The lowest BCUT2D eigenvalue weighted by molar-refractivity contribution is 0.0943. The summed E-state index contributed by atoms with van der Waals surface area (Å²) in [6, 6.07) is 21.4. The maximum absolute atomic E-state index is 13.3. The molecule has 3 aromatic carbocycles. The Balaban J connectivity index is 1.59. The quantitative estimate of drug-likeness (QED) is 0.369. The number of H-pyrrole nitrogens is 2. The zero-order valence-electron chi connectivity index (χ0n) is 16.4. The topological polar surface area (TPSA) is 77.8 Å². The van der Waals surface area contributed by atoms with Gasteiger partial charge in [0.15, 0.2) is 5.43 Å². The molecule has 0 aliphatic rings. The number of carbonyl (C=O) groups is 1. The summed E-state index contributed by atoms with van der Waals surface area (Å²) >= 11 is 6.06. The minimum Gasteiger partial charge on any atom is -0.361 e. The fourth-order valence-electron chi connectivity index (χ4n) is 3.81. The second kappa shape index (κ2) is 7.78. The molecule has 152 valence electrons. The summed E-state index contributed by atoms with van der Waals surface area (Å²) in [5.41, 5.74) is 3.16. The minimum absolute atomic E-state index is 0.153. The van der Waals surface area contributed by atoms with Gasteiger partial charge in [-0.1, -0.05) is 48.0 Å². The van der Waals surface area contributed by atoms with E-state index < -0.39 is 6.04 Å². The first-order chi connectivity index (χ1) is 15.1. The van der Waals surface area contributed by atoms with Gasteiger partial charge in [-0.15, -0.1) is 0 Å². The molecule has 5 rings (SSSR count). The number of halogens is 1. The SMILES string of the molecule is O=C(NC(c1ccccc1)c1c[nH]c2cc(Cl)ccc2c1=O)c1ccc2cc[nH]c2c1. The number of benzene rings is 3. The molecule has 6 heteroatoms. The molecule has 0 radical (unpaired) electrons. The molecule has 1 atom stereocenters. The van der Waals surface area contributed by atoms with Crippen LogP contribution in [-0.4, -0.2) is 15.9 Å². The highest BCUT2D eigenvalue weighted by atomic mass is 35.5. The second-order valence-electron chi connectivity index (χ2n) is 7.36. The molecule has 5 nitrogen and oxygen atoms in total. The predicted molar refractivity (Wildman–Crippen MR) is 124 cm³/mol. The molecular formula is C25H18ClN3O2. The summed E-state index contributed by atoms with van der Waals surface area (Å²) < 4.78 is 0. The predicted octanol–water partition coefficient (Wildman–Crippen LogP) is 5.18. The van der Waals surface area contributed by atoms with E-state index in [-0.39, 0.29) is 11.3 Å². The van der Waals surface area contributed by atoms with Crippen molar-refractivity contribution < 1.29 is 4.79 Å². The highest BCUT2D eigenvalue weighted by Gasteiger charge is 2.22. The number of carbonyl (C=O) groups excluding carboxylic acids is 1. The normalized spacial score (nSPS) is 12.2. The highest BCUT2D eigenvalue weighted by molar-refractivity contribution is 6.31. The summed E-state index contributed by atoms with van der Waals surface area (Å²) in [5.74, 6) is -0.263. The van der Waals surface area contributed by atoms with Crippen molar-refractivity contribution >= 4 is 39.3 Å². The second-order valence-corrected chi connectivity index (χ2v) is 7.80. The van der Waals surface area contributed by atoms with E-state index in [1.165, 1.54) is 0 Å². The van der Waals surface area contributed by atoms with Gasteiger partial charge in [-0.3, -0.25) is 9.59 Å². The summed E-state index contributed by atoms with van der Waals surface area (Å²) in [5, 5.41) is 5.13. The third-order valence-corrected chi connectivity index (χ3v) is 5.64. The van der Waals surface area contributed by atoms with Crippen molar-refractivity contribution in [2.24, 2.45) is 0 Å². The van der Waals surface area contributed by atoms with Crippen LogP contribution in [0.15, 0.2) is 90.0 Å². The third-order valence-electron chi connectivity index (χ3n) is 5.41. The van der Waals surface area contributed by atoms with Crippen LogP contribution in [-0.2, 0) is 0 Å². The van der Waals surface area contributed by atoms with Crippen LogP contribution in [0.3, 0.4) is 0 Å². The maximum Gasteiger partial charge on any atom is 0.252 e. The molecule has 0 saturated carbocycles. The van der Waals surface area contributed by atoms with E-state index in [0.717, 1.165) is 16.5 Å². The molecule has 0 fully saturated rings. The molecule has 2 heterocycles. The van der Waals surface area contributed by atoms with Crippen LogP contribution >= 0.6 is 11.6 Å². The van der Waals surface area contributed by atoms with Crippen molar-refractivity contribution in [3.63, 3.8) is 0 Å². The smallest absolute Gasteiger partial charge is 0.252 e. The van der Waals surface area contributed by atoms with Crippen LogP contribution in [0.1, 0.15) is 27.5 Å². The monoisotopic (exact) mass is 427 g/mol. The molecule has 0 aliphatic heterocycles. The van der Waals surface area contributed by atoms with E-state index in [1.807, 2.05) is 48.7 Å². The standard InChI is InChI=1S/C25H18ClN3O2/c26-18-8-9-19-22(13-18)28-14-20(24(19)30)23(16-4-2-1-3-5-16)29-25(31)17-7-6-15-10-11-27-21(15)12-17/h1-14,23,27H,(H,28,30)(H,29,31). The number of aromatic amines is 2. The maximum atomic E-state index is 13.3. The highest BCUT2D eigenvalue weighted by Crippen LogP contribution is 2.23. The third kappa shape index (κ3) is 3.60. The molecule has 0 aliphatic carbocycles. The summed E-state index contributed by atoms with van der Waals surface area (Å²) in [4.78, 5) is 32.7. The van der Waals surface area contributed by atoms with Crippen molar-refractivity contribution in [3.8, 4) is 0 Å². The number of hydrogen-bond acceptors (Lipinski definition) is 2. The van der Waals surface area contributed by atoms with Gasteiger partial charge in [0.05, 0.1) is 11.6 Å². The first-order valence-electron chi connectivity index (χ1n) is 9.84. The van der Waals surface area contributed by atoms with Crippen molar-refractivity contribution in [1.29, 1.82) is 0 Å². The van der Waals surface area contributed by atoms with Gasteiger partial charge in [-0.25, -0.2) is 0 Å². The number of fused-ring (bicyclic) bond motifs is 2. The number of pyridine rings is 1. The molecule has 2 aromatic heterocycles. The summed E-state index contributed by atoms with van der Waals surface area (Å²) in [6.07, 6.45) is 3.48. The number of hydrogen-bond donors (Lipinski definition) is 3. The van der Waals surface area contributed by atoms with Crippen LogP contribution in [0.4, 0.5) is 0 Å². The van der Waals surface area contributed by atoms with E-state index in [1.54, 1.807) is 36.5 Å². The van der Waals surface area contributed by atoms with Crippen LogP contribution in [0, 0.1) is 0 Å². The number of rotatable bonds is 4. The average Bonchev–Trinajstić information content (AvgIpc) is 3.26. The number of nitrogens with one attached hydrogen (secondary N) is 3. The van der Waals surface area contributed by atoms with Gasteiger partial charge in [0, 0.05) is 39.4 Å². The van der Waals surface area contributed by atoms with Crippen LogP contribution in [0.2, 0.25) is 5.02 Å². The van der Waals surface area contributed by atoms with E-state index in [9.17, 15) is 9.59 Å². The number of amides is 1. The first kappa shape index (κ1) is 19.2. The average molecular weight is 428 g/mol. The van der Waals surface area contributed by atoms with Gasteiger partial charge in [-0.2, -0.15) is 0 Å². The molecule has 0 bridgehead atoms. The first-order valence-corrected chi connectivity index (χ1v) is 10.2. The van der Waals surface area contributed by atoms with Gasteiger partial charge in [0.1, 0.15) is 0 Å². The minimum atomic E-state index is -0.614. The van der Waals surface area contributed by atoms with Gasteiger partial charge in [-0.05, 0) is 47.3 Å². The van der Waals surface area contributed by atoms with E-state index in [0.29, 0.717) is 27.1 Å². The van der Waals surface area contributed by atoms with Gasteiger partial charge >= 0.3 is 0 Å². The lowest BCUT2D eigenvalue weighted by Gasteiger charge is -2.20. The van der Waals surface area contributed by atoms with Gasteiger partial charge in [0.25, 0.3) is 5.91 Å². The van der Waals surface area contributed by atoms with Gasteiger partial charge < -0.3 is 15.3 Å². The van der Waals surface area contributed by atoms with Gasteiger partial charge in [0.2, 0.25) is 0 Å². The Morgan fingerprint density at radius 2 is 1.74 bits per heavy atom. The summed E-state index contributed by atoms with van der Waals surface area (Å²) in [6.45, 7) is 0. The van der Waals surface area contributed by atoms with E-state index in [4.69, 9.17) is 11.6 Å². The van der Waals surface area contributed by atoms with E-state index in [2.05, 4.69) is 15.3 Å². The molecule has 1 unspecified atom stereocenters. The Morgan fingerprint density at radius 1 is 0.903 bits per heavy atom. The summed E-state index contributed by atoms with van der Waals surface area (Å²) in [7, 11) is 0. The van der Waals surface area contributed by atoms with Crippen molar-refractivity contribution in [2.45, 2.75) is 6.04 Å². The Kier molecular flexibility index (Phi) is 4.81. The number of aromatic nitrogens is 2. The zero-order valence-corrected chi connectivity index (χ0v) is 17.1. The Hall–Kier alpha value is -3.83. The molecule has 5 aromatic rings. The molecule has 31 heavy (non-hydrogen) atoms. The van der Waals surface area contributed by atoms with Crippen LogP contribution in [0.5, 0.6) is 0 Å². The molecule has 1 amide bonds. The van der Waals surface area contributed by atoms with Crippen molar-refractivity contribution in [3.05, 3.63) is 117 Å². The Bertz CT molecular complexity index is 1470. The fraction of sp³-hybridized carbons (Fsp3) is 0.0400. The van der Waals surface area contributed by atoms with Crippen molar-refractivity contribution in [1.82, 2.24) is 15.3 Å². The molecule has 3 N–H and O–H groups in total. The lowest BCUT2D eigenvalue weighted by Crippen LogP contribution is -2.32. The van der Waals surface area contributed by atoms with Crippen LogP contribution < -0.4 is 10.7 Å². The van der Waals surface area contributed by atoms with Crippen molar-refractivity contribution in [2.75, 3.05) is 0 Å². The lowest BCUT2D eigenvalue weighted by atomic mass is 9.97. The Morgan fingerprint density at radius 3 is 2.58 bits per heavy atom. The fourth-order valence-corrected chi connectivity index (χ4v) is 3.99. The Labute approximate surface area is 182 Å². The molecular weight excluding hydrogens is 410 g/mol. The molecule has 0 spiro atoms. The molecule has 0 saturated heterocycles. The van der Waals surface area contributed by atoms with E-state index >= 15 is 0 Å². The zero-order chi connectivity index (χ0) is 21.4. The largest absolute Gasteiger partial charge is 0.361 e.